The molecule has 3 aromatic rings. The summed E-state index contributed by atoms with van der Waals surface area (Å²) in [5, 5.41) is 9.23. The number of carbonyl (C=O) groups is 1. The van der Waals surface area contributed by atoms with Gasteiger partial charge in [0, 0.05) is 17.6 Å². The van der Waals surface area contributed by atoms with Gasteiger partial charge in [-0.3, -0.25) is 9.48 Å². The SMILES string of the molecule is COc1cc2nn([C@H]3CC[C@H](C(C)C)CC3)cc2cc1NC(=O)c1cccc(Cl)c1Cl. The van der Waals surface area contributed by atoms with E-state index >= 15 is 0 Å². The molecule has 1 heterocycles. The zero-order valence-electron chi connectivity index (χ0n) is 18.0. The lowest BCUT2D eigenvalue weighted by Gasteiger charge is -2.30. The van der Waals surface area contributed by atoms with E-state index in [0.29, 0.717) is 28.1 Å². The predicted octanol–water partition coefficient (Wildman–Crippen LogP) is 6.99. The summed E-state index contributed by atoms with van der Waals surface area (Å²) >= 11 is 12.3. The maximum Gasteiger partial charge on any atom is 0.257 e. The molecule has 0 radical (unpaired) electrons. The molecule has 1 aromatic heterocycles. The summed E-state index contributed by atoms with van der Waals surface area (Å²) in [7, 11) is 1.58. The van der Waals surface area contributed by atoms with Crippen LogP contribution in [0.4, 0.5) is 5.69 Å². The molecule has 0 unspecified atom stereocenters. The van der Waals surface area contributed by atoms with Gasteiger partial charge in [-0.25, -0.2) is 0 Å². The van der Waals surface area contributed by atoms with Crippen LogP contribution >= 0.6 is 23.2 Å². The van der Waals surface area contributed by atoms with Gasteiger partial charge in [0.05, 0.1) is 40.0 Å². The Bertz CT molecular complexity index is 1100. The van der Waals surface area contributed by atoms with Gasteiger partial charge in [0.2, 0.25) is 0 Å². The van der Waals surface area contributed by atoms with Crippen LogP contribution < -0.4 is 10.1 Å². The fourth-order valence-corrected chi connectivity index (χ4v) is 4.81. The molecule has 0 saturated heterocycles. The smallest absolute Gasteiger partial charge is 0.257 e. The van der Waals surface area contributed by atoms with Crippen molar-refractivity contribution in [3.63, 3.8) is 0 Å². The van der Waals surface area contributed by atoms with E-state index < -0.39 is 0 Å². The Morgan fingerprint density at radius 3 is 2.61 bits per heavy atom. The molecular weight excluding hydrogens is 433 g/mol. The molecule has 1 amide bonds. The predicted molar refractivity (Wildman–Crippen MR) is 127 cm³/mol. The Morgan fingerprint density at radius 2 is 1.94 bits per heavy atom. The third-order valence-electron chi connectivity index (χ3n) is 6.35. The van der Waals surface area contributed by atoms with Gasteiger partial charge in [0.15, 0.2) is 0 Å². The summed E-state index contributed by atoms with van der Waals surface area (Å²) in [6, 6.07) is 9.16. The van der Waals surface area contributed by atoms with Crippen molar-refractivity contribution in [1.82, 2.24) is 9.78 Å². The number of amides is 1. The molecule has 1 N–H and O–H groups in total. The highest BCUT2D eigenvalue weighted by Crippen LogP contribution is 2.37. The van der Waals surface area contributed by atoms with Crippen molar-refractivity contribution in [2.45, 2.75) is 45.6 Å². The van der Waals surface area contributed by atoms with Crippen molar-refractivity contribution >= 4 is 45.7 Å². The largest absolute Gasteiger partial charge is 0.494 e. The van der Waals surface area contributed by atoms with Crippen LogP contribution in [-0.2, 0) is 0 Å². The first-order valence-electron chi connectivity index (χ1n) is 10.7. The molecule has 2 aromatic carbocycles. The third-order valence-corrected chi connectivity index (χ3v) is 7.16. The highest BCUT2D eigenvalue weighted by Gasteiger charge is 2.25. The van der Waals surface area contributed by atoms with E-state index in [4.69, 9.17) is 33.0 Å². The van der Waals surface area contributed by atoms with Crippen LogP contribution in [0, 0.1) is 11.8 Å². The number of methoxy groups -OCH3 is 1. The van der Waals surface area contributed by atoms with Crippen molar-refractivity contribution in [2.24, 2.45) is 11.8 Å². The van der Waals surface area contributed by atoms with Crippen LogP contribution in [0.1, 0.15) is 55.9 Å². The van der Waals surface area contributed by atoms with Gasteiger partial charge < -0.3 is 10.1 Å². The van der Waals surface area contributed by atoms with E-state index in [1.54, 1.807) is 25.3 Å². The number of nitrogens with one attached hydrogen (secondary N) is 1. The van der Waals surface area contributed by atoms with Gasteiger partial charge in [0.1, 0.15) is 5.75 Å². The highest BCUT2D eigenvalue weighted by atomic mass is 35.5. The molecule has 1 aliphatic carbocycles. The van der Waals surface area contributed by atoms with Gasteiger partial charge in [0.25, 0.3) is 5.91 Å². The summed E-state index contributed by atoms with van der Waals surface area (Å²) < 4.78 is 7.60. The number of benzene rings is 2. The molecule has 31 heavy (non-hydrogen) atoms. The van der Waals surface area contributed by atoms with E-state index in [0.717, 1.165) is 35.6 Å². The number of nitrogens with zero attached hydrogens (tertiary/aromatic N) is 2. The first-order chi connectivity index (χ1) is 14.9. The van der Waals surface area contributed by atoms with Crippen LogP contribution in [0.5, 0.6) is 5.75 Å². The maximum absolute atomic E-state index is 12.8. The number of ether oxygens (including phenoxy) is 1. The first kappa shape index (κ1) is 22.0. The lowest BCUT2D eigenvalue weighted by atomic mass is 9.80. The topological polar surface area (TPSA) is 56.1 Å². The molecule has 7 heteroatoms. The number of hydrogen-bond acceptors (Lipinski definition) is 3. The van der Waals surface area contributed by atoms with Gasteiger partial charge in [-0.2, -0.15) is 5.10 Å². The fourth-order valence-electron chi connectivity index (χ4n) is 4.43. The number of fused-ring (bicyclic) bond motifs is 1. The summed E-state index contributed by atoms with van der Waals surface area (Å²) in [6.45, 7) is 4.62. The van der Waals surface area contributed by atoms with Crippen LogP contribution in [0.25, 0.3) is 10.9 Å². The van der Waals surface area contributed by atoms with Gasteiger partial charge in [-0.1, -0.05) is 43.1 Å². The molecular formula is C24H27Cl2N3O2. The lowest BCUT2D eigenvalue weighted by Crippen LogP contribution is -2.21. The van der Waals surface area contributed by atoms with E-state index in [9.17, 15) is 4.79 Å². The van der Waals surface area contributed by atoms with Crippen LogP contribution in [0.2, 0.25) is 10.0 Å². The molecule has 164 valence electrons. The second kappa shape index (κ2) is 9.09. The molecule has 0 bridgehead atoms. The van der Waals surface area contributed by atoms with E-state index in [1.165, 1.54) is 12.8 Å². The van der Waals surface area contributed by atoms with Gasteiger partial charge >= 0.3 is 0 Å². The van der Waals surface area contributed by atoms with Crippen LogP contribution in [0.3, 0.4) is 0 Å². The zero-order valence-corrected chi connectivity index (χ0v) is 19.5. The number of carbonyl (C=O) groups excluding carboxylic acids is 1. The summed E-state index contributed by atoms with van der Waals surface area (Å²) in [6.07, 6.45) is 6.83. The Labute approximate surface area is 192 Å². The molecule has 5 nitrogen and oxygen atoms in total. The summed E-state index contributed by atoms with van der Waals surface area (Å²) in [5.41, 5.74) is 1.73. The van der Waals surface area contributed by atoms with Gasteiger partial charge in [-0.15, -0.1) is 0 Å². The summed E-state index contributed by atoms with van der Waals surface area (Å²) in [4.78, 5) is 12.8. The Balaban J connectivity index is 1.59. The van der Waals surface area contributed by atoms with Crippen molar-refractivity contribution in [3.05, 3.63) is 52.1 Å². The van der Waals surface area contributed by atoms with Crippen molar-refractivity contribution in [3.8, 4) is 5.75 Å². The summed E-state index contributed by atoms with van der Waals surface area (Å²) in [5.74, 6) is 1.75. The average molecular weight is 460 g/mol. The van der Waals surface area contributed by atoms with Crippen LogP contribution in [-0.4, -0.2) is 22.8 Å². The fraction of sp³-hybridized carbons (Fsp3) is 0.417. The molecule has 1 fully saturated rings. The normalized spacial score (nSPS) is 19.0. The number of anilines is 1. The zero-order chi connectivity index (χ0) is 22.1. The van der Waals surface area contributed by atoms with E-state index in [2.05, 4.69) is 30.0 Å². The minimum Gasteiger partial charge on any atom is -0.494 e. The van der Waals surface area contributed by atoms with Crippen molar-refractivity contribution < 1.29 is 9.53 Å². The molecule has 1 saturated carbocycles. The highest BCUT2D eigenvalue weighted by molar-refractivity contribution is 6.44. The monoisotopic (exact) mass is 459 g/mol. The minimum absolute atomic E-state index is 0.228. The van der Waals surface area contributed by atoms with Crippen LogP contribution in [0.15, 0.2) is 36.5 Å². The van der Waals surface area contributed by atoms with Gasteiger partial charge in [-0.05, 0) is 55.7 Å². The molecule has 1 aliphatic rings. The molecule has 0 aliphatic heterocycles. The average Bonchev–Trinajstić information content (AvgIpc) is 3.18. The molecule has 0 atom stereocenters. The quantitative estimate of drug-likeness (QED) is 0.446. The minimum atomic E-state index is -0.343. The first-order valence-corrected chi connectivity index (χ1v) is 11.4. The van der Waals surface area contributed by atoms with Crippen molar-refractivity contribution in [1.29, 1.82) is 0 Å². The number of rotatable bonds is 5. The standard InChI is InChI=1S/C24H27Cl2N3O2/c1-14(2)15-7-9-17(10-8-15)29-13-16-11-21(22(31-3)12-20(16)28-29)27-24(30)18-5-4-6-19(25)23(18)26/h4-6,11-15,17H,7-10H2,1-3H3,(H,27,30)/t15-,17-. The maximum atomic E-state index is 12.8. The third kappa shape index (κ3) is 4.53. The number of halogens is 2. The Morgan fingerprint density at radius 1 is 1.19 bits per heavy atom. The second-order valence-corrected chi connectivity index (χ2v) is 9.37. The van der Waals surface area contributed by atoms with E-state index in [1.807, 2.05) is 12.1 Å². The van der Waals surface area contributed by atoms with E-state index in [-0.39, 0.29) is 10.9 Å². The second-order valence-electron chi connectivity index (χ2n) is 8.59. The Kier molecular flexibility index (Phi) is 6.44. The lowest BCUT2D eigenvalue weighted by molar-refractivity contribution is 0.102. The Hall–Kier alpha value is -2.24. The molecule has 4 rings (SSSR count). The molecule has 0 spiro atoms. The van der Waals surface area contributed by atoms with Crippen molar-refractivity contribution in [2.75, 3.05) is 12.4 Å². The number of hydrogen-bond donors (Lipinski definition) is 1. The number of aromatic nitrogens is 2.